The molecular weight excluding hydrogens is 256 g/mol. The van der Waals surface area contributed by atoms with Gasteiger partial charge in [0.05, 0.1) is 5.69 Å². The highest BCUT2D eigenvalue weighted by Gasteiger charge is 2.14. The third kappa shape index (κ3) is 3.38. The van der Waals surface area contributed by atoms with Crippen molar-refractivity contribution in [1.82, 2.24) is 9.78 Å². The van der Waals surface area contributed by atoms with Gasteiger partial charge in [0.2, 0.25) is 0 Å². The summed E-state index contributed by atoms with van der Waals surface area (Å²) in [6.07, 6.45) is 1.94. The number of aromatic nitrogens is 2. The fraction of sp³-hybridized carbons (Fsp3) is 0.438. The highest BCUT2D eigenvalue weighted by atomic mass is 35.5. The molecule has 0 radical (unpaired) electrons. The van der Waals surface area contributed by atoms with Crippen LogP contribution in [0, 0.1) is 0 Å². The predicted octanol–water partition coefficient (Wildman–Crippen LogP) is 4.03. The largest absolute Gasteiger partial charge is 0.270 e. The van der Waals surface area contributed by atoms with E-state index in [4.69, 9.17) is 11.6 Å². The van der Waals surface area contributed by atoms with Crippen LogP contribution in [0.4, 0.5) is 0 Å². The predicted molar refractivity (Wildman–Crippen MR) is 80.9 cm³/mol. The zero-order valence-corrected chi connectivity index (χ0v) is 12.4. The minimum atomic E-state index is 0.356. The van der Waals surface area contributed by atoms with Crippen LogP contribution in [0.25, 0.3) is 0 Å². The number of benzene rings is 1. The molecule has 0 saturated carbocycles. The Morgan fingerprint density at radius 3 is 2.53 bits per heavy atom. The summed E-state index contributed by atoms with van der Waals surface area (Å²) in [6.45, 7) is 5.19. The van der Waals surface area contributed by atoms with Gasteiger partial charge in [-0.15, -0.1) is 11.6 Å². The number of aryl methyl sites for hydroxylation is 2. The van der Waals surface area contributed by atoms with Crippen molar-refractivity contribution in [2.75, 3.05) is 5.88 Å². The van der Waals surface area contributed by atoms with Crippen molar-refractivity contribution >= 4 is 11.6 Å². The Bertz CT molecular complexity index is 505. The first-order valence-electron chi connectivity index (χ1n) is 6.95. The molecule has 1 aromatic carbocycles. The molecule has 0 spiro atoms. The van der Waals surface area contributed by atoms with Crippen molar-refractivity contribution in [3.8, 4) is 0 Å². The molecule has 19 heavy (non-hydrogen) atoms. The van der Waals surface area contributed by atoms with Crippen molar-refractivity contribution in [3.05, 3.63) is 53.3 Å². The van der Waals surface area contributed by atoms with Gasteiger partial charge < -0.3 is 0 Å². The number of alkyl halides is 1. The van der Waals surface area contributed by atoms with E-state index in [0.29, 0.717) is 11.8 Å². The molecule has 2 rings (SSSR count). The van der Waals surface area contributed by atoms with Crippen LogP contribution in [0.2, 0.25) is 0 Å². The normalized spacial score (nSPS) is 12.6. The minimum absolute atomic E-state index is 0.356. The van der Waals surface area contributed by atoms with E-state index in [1.165, 1.54) is 17.0 Å². The number of hydrogen-bond donors (Lipinski definition) is 0. The van der Waals surface area contributed by atoms with Gasteiger partial charge in [0.15, 0.2) is 0 Å². The van der Waals surface area contributed by atoms with Crippen molar-refractivity contribution in [2.24, 2.45) is 0 Å². The minimum Gasteiger partial charge on any atom is -0.270 e. The SMILES string of the molecule is CCc1cc(CC(CCl)c2ccccc2)n(CC)n1. The summed E-state index contributed by atoms with van der Waals surface area (Å²) >= 11 is 6.16. The van der Waals surface area contributed by atoms with E-state index < -0.39 is 0 Å². The molecule has 0 fully saturated rings. The summed E-state index contributed by atoms with van der Waals surface area (Å²) in [7, 11) is 0. The van der Waals surface area contributed by atoms with Gasteiger partial charge in [-0.05, 0) is 31.4 Å². The Labute approximate surface area is 120 Å². The van der Waals surface area contributed by atoms with Crippen LogP contribution in [-0.4, -0.2) is 15.7 Å². The summed E-state index contributed by atoms with van der Waals surface area (Å²) in [6, 6.07) is 12.7. The lowest BCUT2D eigenvalue weighted by Gasteiger charge is -2.15. The molecular formula is C16H21ClN2. The molecule has 0 aliphatic rings. The molecule has 0 aliphatic carbocycles. The molecule has 0 saturated heterocycles. The van der Waals surface area contributed by atoms with Gasteiger partial charge in [-0.3, -0.25) is 4.68 Å². The van der Waals surface area contributed by atoms with Crippen LogP contribution in [0.15, 0.2) is 36.4 Å². The van der Waals surface area contributed by atoms with Gasteiger partial charge in [-0.25, -0.2) is 0 Å². The summed E-state index contributed by atoms with van der Waals surface area (Å²) < 4.78 is 2.10. The summed E-state index contributed by atoms with van der Waals surface area (Å²) in [4.78, 5) is 0. The first kappa shape index (κ1) is 14.1. The van der Waals surface area contributed by atoms with E-state index in [1.54, 1.807) is 0 Å². The maximum atomic E-state index is 6.16. The fourth-order valence-corrected chi connectivity index (χ4v) is 2.65. The Kier molecular flexibility index (Phi) is 5.03. The van der Waals surface area contributed by atoms with E-state index in [-0.39, 0.29) is 0 Å². The zero-order valence-electron chi connectivity index (χ0n) is 11.6. The average Bonchev–Trinajstić information content (AvgIpc) is 2.87. The molecule has 1 atom stereocenters. The number of hydrogen-bond acceptors (Lipinski definition) is 1. The third-order valence-electron chi connectivity index (χ3n) is 3.49. The quantitative estimate of drug-likeness (QED) is 0.729. The molecule has 0 aliphatic heterocycles. The van der Waals surface area contributed by atoms with Gasteiger partial charge >= 0.3 is 0 Å². The van der Waals surface area contributed by atoms with Gasteiger partial charge in [0, 0.05) is 24.0 Å². The lowest BCUT2D eigenvalue weighted by molar-refractivity contribution is 0.593. The van der Waals surface area contributed by atoms with Crippen LogP contribution in [-0.2, 0) is 19.4 Å². The van der Waals surface area contributed by atoms with Crippen LogP contribution < -0.4 is 0 Å². The van der Waals surface area contributed by atoms with Crippen molar-refractivity contribution in [3.63, 3.8) is 0 Å². The van der Waals surface area contributed by atoms with Crippen molar-refractivity contribution in [2.45, 2.75) is 39.2 Å². The van der Waals surface area contributed by atoms with Crippen LogP contribution >= 0.6 is 11.6 Å². The topological polar surface area (TPSA) is 17.8 Å². The van der Waals surface area contributed by atoms with E-state index in [2.05, 4.69) is 54.0 Å². The van der Waals surface area contributed by atoms with Crippen molar-refractivity contribution < 1.29 is 0 Å². The maximum absolute atomic E-state index is 6.16. The molecule has 1 aromatic heterocycles. The first-order chi connectivity index (χ1) is 9.28. The Morgan fingerprint density at radius 2 is 1.95 bits per heavy atom. The monoisotopic (exact) mass is 276 g/mol. The highest BCUT2D eigenvalue weighted by Crippen LogP contribution is 2.23. The van der Waals surface area contributed by atoms with Crippen molar-refractivity contribution in [1.29, 1.82) is 0 Å². The third-order valence-corrected chi connectivity index (χ3v) is 3.86. The smallest absolute Gasteiger partial charge is 0.0624 e. The Hall–Kier alpha value is -1.28. The van der Waals surface area contributed by atoms with Crippen LogP contribution in [0.3, 0.4) is 0 Å². The lowest BCUT2D eigenvalue weighted by atomic mass is 9.96. The maximum Gasteiger partial charge on any atom is 0.0624 e. The van der Waals surface area contributed by atoms with Gasteiger partial charge in [0.1, 0.15) is 0 Å². The molecule has 2 nitrogen and oxygen atoms in total. The fourth-order valence-electron chi connectivity index (χ4n) is 2.36. The molecule has 0 amide bonds. The zero-order chi connectivity index (χ0) is 13.7. The van der Waals surface area contributed by atoms with Gasteiger partial charge in [-0.2, -0.15) is 5.10 Å². The van der Waals surface area contributed by atoms with E-state index in [9.17, 15) is 0 Å². The Balaban J connectivity index is 2.21. The standard InChI is InChI=1S/C16H21ClN2/c1-3-15-11-16(19(4-2)18-15)10-14(12-17)13-8-6-5-7-9-13/h5-9,11,14H,3-4,10,12H2,1-2H3. The van der Waals surface area contributed by atoms with Crippen LogP contribution in [0.5, 0.6) is 0 Å². The molecule has 2 aromatic rings. The highest BCUT2D eigenvalue weighted by molar-refractivity contribution is 6.18. The summed E-state index contributed by atoms with van der Waals surface area (Å²) in [5.74, 6) is 0.995. The van der Waals surface area contributed by atoms with E-state index in [1.807, 2.05) is 6.07 Å². The van der Waals surface area contributed by atoms with E-state index in [0.717, 1.165) is 19.4 Å². The molecule has 3 heteroatoms. The molecule has 1 unspecified atom stereocenters. The Morgan fingerprint density at radius 1 is 1.21 bits per heavy atom. The second-order valence-corrected chi connectivity index (χ2v) is 5.07. The molecule has 0 N–H and O–H groups in total. The molecule has 1 heterocycles. The summed E-state index contributed by atoms with van der Waals surface area (Å²) in [5.41, 5.74) is 3.76. The lowest BCUT2D eigenvalue weighted by Crippen LogP contribution is -2.10. The van der Waals surface area contributed by atoms with Crippen LogP contribution in [0.1, 0.15) is 36.7 Å². The second kappa shape index (κ2) is 6.76. The number of halogens is 1. The number of nitrogens with zero attached hydrogens (tertiary/aromatic N) is 2. The summed E-state index contributed by atoms with van der Waals surface area (Å²) in [5, 5.41) is 4.60. The first-order valence-corrected chi connectivity index (χ1v) is 7.48. The number of rotatable bonds is 6. The second-order valence-electron chi connectivity index (χ2n) is 4.76. The van der Waals surface area contributed by atoms with Gasteiger partial charge in [0.25, 0.3) is 0 Å². The van der Waals surface area contributed by atoms with E-state index >= 15 is 0 Å². The van der Waals surface area contributed by atoms with Gasteiger partial charge in [-0.1, -0.05) is 37.3 Å². The molecule has 0 bridgehead atoms. The molecule has 102 valence electrons. The average molecular weight is 277 g/mol.